The van der Waals surface area contributed by atoms with Crippen LogP contribution in [0.4, 0.5) is 17.1 Å². The van der Waals surface area contributed by atoms with Gasteiger partial charge < -0.3 is 9.73 Å². The fourth-order valence-corrected chi connectivity index (χ4v) is 7.83. The van der Waals surface area contributed by atoms with Gasteiger partial charge in [0.1, 0.15) is 21.1 Å². The largest absolute Gasteiger partial charge is 0.456 e. The summed E-state index contributed by atoms with van der Waals surface area (Å²) in [6.07, 6.45) is 2.92. The van der Waals surface area contributed by atoms with Gasteiger partial charge in [-0.15, -0.1) is 0 Å². The first-order valence-corrected chi connectivity index (χ1v) is 19.4. The lowest BCUT2D eigenvalue weighted by molar-refractivity contribution is 0.480. The van der Waals surface area contributed by atoms with E-state index in [1.807, 2.05) is 44.2 Å². The number of rotatable bonds is 10. The Bertz CT molecular complexity index is 2480. The van der Waals surface area contributed by atoms with Gasteiger partial charge in [0.15, 0.2) is 0 Å². The van der Waals surface area contributed by atoms with Gasteiger partial charge in [0.05, 0.1) is 11.0 Å². The third-order valence-electron chi connectivity index (χ3n) is 8.98. The molecule has 1 aliphatic heterocycles. The third-order valence-corrected chi connectivity index (χ3v) is 10.8. The molecule has 0 saturated heterocycles. The van der Waals surface area contributed by atoms with Crippen LogP contribution >= 0.6 is 0 Å². The number of nitrogens with one attached hydrogen (secondary N) is 1. The Labute approximate surface area is 292 Å². The maximum absolute atomic E-state index is 13.0. The van der Waals surface area contributed by atoms with Crippen molar-refractivity contribution in [3.05, 3.63) is 119 Å². The van der Waals surface area contributed by atoms with E-state index in [0.717, 1.165) is 40.8 Å². The quantitative estimate of drug-likeness (QED) is 0.0944. The summed E-state index contributed by atoms with van der Waals surface area (Å²) in [5.74, 6) is 0.191. The van der Waals surface area contributed by atoms with Crippen LogP contribution in [0.3, 0.4) is 0 Å². The van der Waals surface area contributed by atoms with Gasteiger partial charge in [0.2, 0.25) is 0 Å². The SMILES string of the molecule is CCc1cccc(CC)c1N=c1cc2oc3cc(Nc4c(CC)cccc4CC)ccc3c(-c3ccccc3S(=O)(=O)O)c-2cc1S(=O)(=O)O. The molecule has 3 N–H and O–H groups in total. The molecule has 0 saturated carbocycles. The number of anilines is 2. The van der Waals surface area contributed by atoms with Gasteiger partial charge in [-0.25, -0.2) is 4.99 Å². The molecule has 1 aliphatic carbocycles. The average molecular weight is 711 g/mol. The van der Waals surface area contributed by atoms with Crippen molar-refractivity contribution in [2.75, 3.05) is 5.32 Å². The van der Waals surface area contributed by atoms with E-state index >= 15 is 0 Å². The zero-order valence-corrected chi connectivity index (χ0v) is 29.8. The van der Waals surface area contributed by atoms with Gasteiger partial charge in [0.25, 0.3) is 20.2 Å². The summed E-state index contributed by atoms with van der Waals surface area (Å²) in [5, 5.41) is 3.97. The highest BCUT2D eigenvalue weighted by molar-refractivity contribution is 7.86. The van der Waals surface area contributed by atoms with E-state index < -0.39 is 25.1 Å². The molecule has 9 nitrogen and oxygen atoms in total. The number of nitrogens with zero attached hydrogens (tertiary/aromatic N) is 1. The zero-order valence-electron chi connectivity index (χ0n) is 28.2. The van der Waals surface area contributed by atoms with Crippen molar-refractivity contribution in [3.63, 3.8) is 0 Å². The molecule has 0 atom stereocenters. The van der Waals surface area contributed by atoms with Crippen LogP contribution in [0, 0.1) is 0 Å². The second-order valence-electron chi connectivity index (χ2n) is 12.0. The maximum atomic E-state index is 13.0. The fourth-order valence-electron chi connectivity index (χ4n) is 6.49. The molecule has 0 aromatic heterocycles. The van der Waals surface area contributed by atoms with Crippen LogP contribution in [-0.4, -0.2) is 25.9 Å². The van der Waals surface area contributed by atoms with Crippen molar-refractivity contribution in [3.8, 4) is 22.5 Å². The van der Waals surface area contributed by atoms with E-state index in [4.69, 9.17) is 9.41 Å². The highest BCUT2D eigenvalue weighted by Gasteiger charge is 2.27. The van der Waals surface area contributed by atoms with E-state index in [0.29, 0.717) is 40.7 Å². The summed E-state index contributed by atoms with van der Waals surface area (Å²) in [5.41, 5.74) is 7.39. The molecule has 1 heterocycles. The number of fused-ring (bicyclic) bond motifs is 2. The Kier molecular flexibility index (Phi) is 9.69. The molecule has 50 heavy (non-hydrogen) atoms. The van der Waals surface area contributed by atoms with Gasteiger partial charge in [-0.2, -0.15) is 16.8 Å². The van der Waals surface area contributed by atoms with E-state index in [9.17, 15) is 25.9 Å². The van der Waals surface area contributed by atoms with E-state index in [-0.39, 0.29) is 27.1 Å². The number of aryl methyl sites for hydroxylation is 4. The number of hydrogen-bond acceptors (Lipinski definition) is 7. The molecule has 0 unspecified atom stereocenters. The van der Waals surface area contributed by atoms with Crippen molar-refractivity contribution >= 4 is 48.3 Å². The Balaban J connectivity index is 1.73. The molecule has 0 fully saturated rings. The second-order valence-corrected chi connectivity index (χ2v) is 14.8. The van der Waals surface area contributed by atoms with Gasteiger partial charge >= 0.3 is 0 Å². The van der Waals surface area contributed by atoms with Crippen molar-refractivity contribution in [1.82, 2.24) is 0 Å². The maximum Gasteiger partial charge on any atom is 0.296 e. The first-order chi connectivity index (χ1) is 23.9. The molecular formula is C39H38N2O7S2. The molecule has 0 spiro atoms. The molecule has 4 aromatic rings. The Morgan fingerprint density at radius 3 is 1.80 bits per heavy atom. The molecule has 6 rings (SSSR count). The summed E-state index contributed by atoms with van der Waals surface area (Å²) >= 11 is 0. The van der Waals surface area contributed by atoms with E-state index in [1.165, 1.54) is 30.3 Å². The van der Waals surface area contributed by atoms with Crippen molar-refractivity contribution in [2.45, 2.75) is 63.2 Å². The van der Waals surface area contributed by atoms with Crippen LogP contribution < -0.4 is 10.7 Å². The van der Waals surface area contributed by atoms with E-state index in [2.05, 4.69) is 31.3 Å². The summed E-state index contributed by atoms with van der Waals surface area (Å²) in [6.45, 7) is 8.14. The number of hydrogen-bond donors (Lipinski definition) is 3. The highest BCUT2D eigenvalue weighted by Crippen LogP contribution is 2.44. The van der Waals surface area contributed by atoms with Crippen LogP contribution in [0.5, 0.6) is 0 Å². The fraction of sp³-hybridized carbons (Fsp3) is 0.205. The van der Waals surface area contributed by atoms with Crippen molar-refractivity contribution in [2.24, 2.45) is 4.99 Å². The summed E-state index contributed by atoms with van der Waals surface area (Å²) in [4.78, 5) is 3.96. The summed E-state index contributed by atoms with van der Waals surface area (Å²) < 4.78 is 78.5. The molecular weight excluding hydrogens is 673 g/mol. The third kappa shape index (κ3) is 6.69. The molecule has 4 aromatic carbocycles. The van der Waals surface area contributed by atoms with Gasteiger partial charge in [-0.3, -0.25) is 9.11 Å². The Hall–Kier alpha value is -4.81. The van der Waals surface area contributed by atoms with Gasteiger partial charge in [-0.1, -0.05) is 82.3 Å². The van der Waals surface area contributed by atoms with Crippen molar-refractivity contribution < 1.29 is 30.4 Å². The minimum atomic E-state index is -4.84. The van der Waals surface area contributed by atoms with Crippen LogP contribution in [0.25, 0.3) is 33.4 Å². The predicted octanol–water partition coefficient (Wildman–Crippen LogP) is 8.92. The number of para-hydroxylation sites is 2. The molecule has 0 bridgehead atoms. The standard InChI is InChI=1S/C39H38N2O7S2/c1-5-24-13-11-14-25(6-2)38(24)40-28-19-20-29-33(21-28)48-34-23-32(41-39-26(7-3)15-12-16-27(39)8-4)36(50(45,46)47)22-31(34)37(29)30-17-9-10-18-35(30)49(42,43)44/h9-23,40H,5-8H2,1-4H3,(H,42,43,44)(H,45,46,47). The minimum Gasteiger partial charge on any atom is -0.456 e. The second kappa shape index (κ2) is 13.8. The van der Waals surface area contributed by atoms with Gasteiger partial charge in [0, 0.05) is 45.6 Å². The van der Waals surface area contributed by atoms with Crippen LogP contribution in [0.1, 0.15) is 49.9 Å². The van der Waals surface area contributed by atoms with E-state index in [1.54, 1.807) is 18.2 Å². The van der Waals surface area contributed by atoms with Crippen LogP contribution in [0.2, 0.25) is 0 Å². The molecule has 0 amide bonds. The first kappa shape index (κ1) is 35.0. The normalized spacial score (nSPS) is 12.6. The Morgan fingerprint density at radius 2 is 1.22 bits per heavy atom. The zero-order chi connectivity index (χ0) is 35.8. The summed E-state index contributed by atoms with van der Waals surface area (Å²) in [7, 11) is -9.56. The smallest absolute Gasteiger partial charge is 0.296 e. The first-order valence-electron chi connectivity index (χ1n) is 16.5. The lowest BCUT2D eigenvalue weighted by Gasteiger charge is -2.19. The average Bonchev–Trinajstić information content (AvgIpc) is 3.09. The highest BCUT2D eigenvalue weighted by atomic mass is 32.2. The minimum absolute atomic E-state index is 0.0357. The summed E-state index contributed by atoms with van der Waals surface area (Å²) in [6, 6.07) is 26.0. The molecule has 258 valence electrons. The van der Waals surface area contributed by atoms with Crippen molar-refractivity contribution in [1.29, 1.82) is 0 Å². The van der Waals surface area contributed by atoms with Gasteiger partial charge in [-0.05, 0) is 72.2 Å². The predicted molar refractivity (Wildman–Crippen MR) is 197 cm³/mol. The Morgan fingerprint density at radius 1 is 0.640 bits per heavy atom. The molecule has 2 aliphatic rings. The molecule has 0 radical (unpaired) electrons. The number of benzene rings is 5. The monoisotopic (exact) mass is 710 g/mol. The molecule has 11 heteroatoms. The lowest BCUT2D eigenvalue weighted by Crippen LogP contribution is -2.16. The topological polar surface area (TPSA) is 146 Å². The van der Waals surface area contributed by atoms with Crippen LogP contribution in [0.15, 0.2) is 110 Å². The van der Waals surface area contributed by atoms with Crippen LogP contribution in [-0.2, 0) is 45.9 Å². The lowest BCUT2D eigenvalue weighted by atomic mass is 9.93.